The van der Waals surface area contributed by atoms with E-state index in [4.69, 9.17) is 4.42 Å². The van der Waals surface area contributed by atoms with Crippen LogP contribution in [-0.4, -0.2) is 0 Å². The summed E-state index contributed by atoms with van der Waals surface area (Å²) in [5, 5.41) is 4.65. The highest BCUT2D eigenvalue weighted by atomic mass is 16.3. The molecule has 0 N–H and O–H groups in total. The minimum absolute atomic E-state index is 0.866. The summed E-state index contributed by atoms with van der Waals surface area (Å²) in [6.45, 7) is 0. The molecule has 0 saturated carbocycles. The molecule has 10 aromatic rings. The largest absolute Gasteiger partial charge is 0.454 e. The average molecular weight is 690 g/mol. The van der Waals surface area contributed by atoms with E-state index in [9.17, 15) is 0 Å². The van der Waals surface area contributed by atoms with Gasteiger partial charge in [0, 0.05) is 22.1 Å². The molecule has 0 radical (unpaired) electrons. The number of rotatable bonds is 7. The Morgan fingerprint density at radius 3 is 1.20 bits per heavy atom. The maximum atomic E-state index is 6.76. The second-order valence-corrected chi connectivity index (χ2v) is 13.7. The number of para-hydroxylation sites is 1. The van der Waals surface area contributed by atoms with Crippen molar-refractivity contribution in [1.29, 1.82) is 0 Å². The normalized spacial score (nSPS) is 11.3. The predicted molar refractivity (Wildman–Crippen MR) is 228 cm³/mol. The van der Waals surface area contributed by atoms with Crippen LogP contribution in [0.15, 0.2) is 217 Å². The maximum absolute atomic E-state index is 6.76. The molecular weight excluding hydrogens is 655 g/mol. The molecule has 254 valence electrons. The first kappa shape index (κ1) is 31.6. The summed E-state index contributed by atoms with van der Waals surface area (Å²) in [6, 6.07) is 75.7. The summed E-state index contributed by atoms with van der Waals surface area (Å²) < 4.78 is 6.76. The van der Waals surface area contributed by atoms with Crippen molar-refractivity contribution in [3.63, 3.8) is 0 Å². The number of anilines is 3. The van der Waals surface area contributed by atoms with E-state index in [2.05, 4.69) is 217 Å². The van der Waals surface area contributed by atoms with Crippen molar-refractivity contribution < 1.29 is 4.42 Å². The quantitative estimate of drug-likeness (QED) is 0.166. The molecule has 1 heterocycles. The zero-order valence-corrected chi connectivity index (χ0v) is 29.6. The van der Waals surface area contributed by atoms with Crippen LogP contribution in [0.2, 0.25) is 0 Å². The molecule has 0 atom stereocenters. The molecule has 0 amide bonds. The average Bonchev–Trinajstić information content (AvgIpc) is 3.65. The van der Waals surface area contributed by atoms with Crippen molar-refractivity contribution in [1.82, 2.24) is 0 Å². The maximum Gasteiger partial charge on any atom is 0.159 e. The van der Waals surface area contributed by atoms with E-state index in [-0.39, 0.29) is 0 Å². The van der Waals surface area contributed by atoms with Crippen LogP contribution in [0.3, 0.4) is 0 Å². The Kier molecular flexibility index (Phi) is 7.85. The van der Waals surface area contributed by atoms with Crippen LogP contribution < -0.4 is 4.90 Å². The lowest BCUT2D eigenvalue weighted by molar-refractivity contribution is 0.669. The van der Waals surface area contributed by atoms with Gasteiger partial charge in [0.25, 0.3) is 0 Å². The fourth-order valence-corrected chi connectivity index (χ4v) is 7.73. The molecule has 0 spiro atoms. The number of nitrogens with zero attached hydrogens (tertiary/aromatic N) is 1. The molecule has 10 rings (SSSR count). The van der Waals surface area contributed by atoms with Crippen molar-refractivity contribution in [2.24, 2.45) is 0 Å². The van der Waals surface area contributed by atoms with Crippen molar-refractivity contribution in [3.8, 4) is 44.5 Å². The summed E-state index contributed by atoms with van der Waals surface area (Å²) in [7, 11) is 0. The SMILES string of the molecule is c1ccc(-c2ccc(-c3ccc(N(c4ccc(-c5ccc(-c6ccccc6)cc5)cc4)c4cccc5c4oc4ccc6ccccc6c45)cc3)cc2)cc1. The van der Waals surface area contributed by atoms with Gasteiger partial charge in [-0.15, -0.1) is 0 Å². The Bertz CT molecular complexity index is 2750. The van der Waals surface area contributed by atoms with E-state index >= 15 is 0 Å². The van der Waals surface area contributed by atoms with Gasteiger partial charge >= 0.3 is 0 Å². The number of hydrogen-bond donors (Lipinski definition) is 0. The van der Waals surface area contributed by atoms with Crippen LogP contribution in [0.4, 0.5) is 17.1 Å². The molecule has 2 nitrogen and oxygen atoms in total. The van der Waals surface area contributed by atoms with Crippen molar-refractivity contribution in [3.05, 3.63) is 212 Å². The van der Waals surface area contributed by atoms with Gasteiger partial charge in [-0.2, -0.15) is 0 Å². The van der Waals surface area contributed by atoms with Gasteiger partial charge in [0.1, 0.15) is 5.58 Å². The van der Waals surface area contributed by atoms with Crippen LogP contribution in [0.25, 0.3) is 77.2 Å². The Hall–Kier alpha value is -7.16. The Morgan fingerprint density at radius 2 is 0.704 bits per heavy atom. The van der Waals surface area contributed by atoms with Crippen LogP contribution in [0, 0.1) is 0 Å². The van der Waals surface area contributed by atoms with Gasteiger partial charge in [0.2, 0.25) is 0 Å². The monoisotopic (exact) mass is 689 g/mol. The minimum atomic E-state index is 0.866. The van der Waals surface area contributed by atoms with Crippen LogP contribution in [0.1, 0.15) is 0 Å². The Morgan fingerprint density at radius 1 is 0.296 bits per heavy atom. The zero-order valence-electron chi connectivity index (χ0n) is 29.6. The third-order valence-electron chi connectivity index (χ3n) is 10.5. The van der Waals surface area contributed by atoms with E-state index in [0.717, 1.165) is 39.0 Å². The van der Waals surface area contributed by atoms with Crippen LogP contribution in [-0.2, 0) is 0 Å². The third kappa shape index (κ3) is 5.71. The fourth-order valence-electron chi connectivity index (χ4n) is 7.73. The van der Waals surface area contributed by atoms with Gasteiger partial charge in [0.15, 0.2) is 5.58 Å². The summed E-state index contributed by atoms with van der Waals surface area (Å²) in [4.78, 5) is 2.32. The first-order valence-electron chi connectivity index (χ1n) is 18.4. The molecular formula is C52H35NO. The molecule has 54 heavy (non-hydrogen) atoms. The number of furan rings is 1. The van der Waals surface area contributed by atoms with Gasteiger partial charge in [-0.25, -0.2) is 0 Å². The lowest BCUT2D eigenvalue weighted by Gasteiger charge is -2.26. The standard InChI is InChI=1S/C52H35NO/c1-3-10-36(11-4-1)38-18-22-40(23-19-38)42-26-31-45(32-27-42)53(46-33-28-43(29-34-46)41-24-20-39(21-25-41)37-12-5-2-6-13-37)49-17-9-16-48-51-47-15-8-7-14-44(47)30-35-50(51)54-52(48)49/h1-35H. The number of fused-ring (bicyclic) bond motifs is 5. The first-order chi connectivity index (χ1) is 26.8. The summed E-state index contributed by atoms with van der Waals surface area (Å²) in [5.74, 6) is 0. The first-order valence-corrected chi connectivity index (χ1v) is 18.4. The van der Waals surface area contributed by atoms with Crippen LogP contribution >= 0.6 is 0 Å². The van der Waals surface area contributed by atoms with Crippen molar-refractivity contribution >= 4 is 49.8 Å². The smallest absolute Gasteiger partial charge is 0.159 e. The van der Waals surface area contributed by atoms with Gasteiger partial charge < -0.3 is 9.32 Å². The van der Waals surface area contributed by atoms with Crippen LogP contribution in [0.5, 0.6) is 0 Å². The highest BCUT2D eigenvalue weighted by molar-refractivity contribution is 6.21. The third-order valence-corrected chi connectivity index (χ3v) is 10.5. The summed E-state index contributed by atoms with van der Waals surface area (Å²) >= 11 is 0. The van der Waals surface area contributed by atoms with Gasteiger partial charge in [0.05, 0.1) is 5.69 Å². The second kappa shape index (κ2) is 13.4. The lowest BCUT2D eigenvalue weighted by atomic mass is 9.99. The van der Waals surface area contributed by atoms with Gasteiger partial charge in [-0.1, -0.05) is 176 Å². The number of hydrogen-bond acceptors (Lipinski definition) is 2. The van der Waals surface area contributed by atoms with E-state index < -0.39 is 0 Å². The molecule has 0 unspecified atom stereocenters. The number of benzene rings is 9. The highest BCUT2D eigenvalue weighted by Crippen LogP contribution is 2.44. The van der Waals surface area contributed by atoms with E-state index in [0.29, 0.717) is 0 Å². The molecule has 0 aliphatic heterocycles. The van der Waals surface area contributed by atoms with E-state index in [1.807, 2.05) is 0 Å². The topological polar surface area (TPSA) is 16.4 Å². The van der Waals surface area contributed by atoms with E-state index in [1.54, 1.807) is 0 Å². The molecule has 2 heteroatoms. The van der Waals surface area contributed by atoms with E-state index in [1.165, 1.54) is 55.3 Å². The highest BCUT2D eigenvalue weighted by Gasteiger charge is 2.20. The zero-order chi connectivity index (χ0) is 35.8. The summed E-state index contributed by atoms with van der Waals surface area (Å²) in [6.07, 6.45) is 0. The molecule has 0 aliphatic carbocycles. The molecule has 0 bridgehead atoms. The molecule has 0 saturated heterocycles. The second-order valence-electron chi connectivity index (χ2n) is 13.7. The Balaban J connectivity index is 1.06. The molecule has 0 fully saturated rings. The van der Waals surface area contributed by atoms with Gasteiger partial charge in [-0.3, -0.25) is 0 Å². The van der Waals surface area contributed by atoms with Gasteiger partial charge in [-0.05, 0) is 91.7 Å². The fraction of sp³-hybridized carbons (Fsp3) is 0. The molecule has 9 aromatic carbocycles. The predicted octanol–water partition coefficient (Wildman–Crippen LogP) is 14.9. The van der Waals surface area contributed by atoms with Crippen molar-refractivity contribution in [2.45, 2.75) is 0 Å². The summed E-state index contributed by atoms with van der Waals surface area (Å²) in [5.41, 5.74) is 14.4. The Labute approximate surface area is 314 Å². The lowest BCUT2D eigenvalue weighted by Crippen LogP contribution is -2.10. The molecule has 0 aliphatic rings. The minimum Gasteiger partial charge on any atom is -0.454 e. The van der Waals surface area contributed by atoms with Crippen molar-refractivity contribution in [2.75, 3.05) is 4.90 Å². The molecule has 1 aromatic heterocycles.